The SMILES string of the molecule is C[C](c1ccncc1)c1ccn(C)c(=O)c1. The summed E-state index contributed by atoms with van der Waals surface area (Å²) in [6.45, 7) is 2.00. The first-order chi connectivity index (χ1) is 7.68. The van der Waals surface area contributed by atoms with Gasteiger partial charge in [-0.3, -0.25) is 9.78 Å². The highest BCUT2D eigenvalue weighted by atomic mass is 16.1. The summed E-state index contributed by atoms with van der Waals surface area (Å²) >= 11 is 0. The molecule has 2 aromatic heterocycles. The molecule has 0 saturated heterocycles. The summed E-state index contributed by atoms with van der Waals surface area (Å²) in [5.74, 6) is 1.08. The van der Waals surface area contributed by atoms with Gasteiger partial charge in [-0.2, -0.15) is 0 Å². The summed E-state index contributed by atoms with van der Waals surface area (Å²) in [5, 5.41) is 0. The Morgan fingerprint density at radius 3 is 2.50 bits per heavy atom. The van der Waals surface area contributed by atoms with E-state index in [4.69, 9.17) is 0 Å². The fourth-order valence-corrected chi connectivity index (χ4v) is 1.55. The molecule has 0 atom stereocenters. The lowest BCUT2D eigenvalue weighted by atomic mass is 9.95. The third kappa shape index (κ3) is 2.03. The molecule has 0 unspecified atom stereocenters. The highest BCUT2D eigenvalue weighted by Gasteiger charge is 2.09. The zero-order chi connectivity index (χ0) is 11.5. The molecule has 0 aliphatic heterocycles. The molecule has 3 heteroatoms. The molecule has 81 valence electrons. The fraction of sp³-hybridized carbons (Fsp3) is 0.154. The smallest absolute Gasteiger partial charge is 0.250 e. The lowest BCUT2D eigenvalue weighted by Gasteiger charge is -2.11. The molecule has 0 amide bonds. The van der Waals surface area contributed by atoms with E-state index in [0.717, 1.165) is 17.0 Å². The summed E-state index contributed by atoms with van der Waals surface area (Å²) < 4.78 is 1.56. The third-order valence-electron chi connectivity index (χ3n) is 2.65. The van der Waals surface area contributed by atoms with Gasteiger partial charge in [0.1, 0.15) is 0 Å². The molecule has 0 fully saturated rings. The molecule has 16 heavy (non-hydrogen) atoms. The van der Waals surface area contributed by atoms with E-state index in [-0.39, 0.29) is 5.56 Å². The van der Waals surface area contributed by atoms with Gasteiger partial charge in [-0.25, -0.2) is 0 Å². The van der Waals surface area contributed by atoms with Gasteiger partial charge in [0.05, 0.1) is 0 Å². The van der Waals surface area contributed by atoms with Crippen LogP contribution in [0.5, 0.6) is 0 Å². The Balaban J connectivity index is 2.38. The maximum absolute atomic E-state index is 11.5. The van der Waals surface area contributed by atoms with Crippen LogP contribution < -0.4 is 5.56 Å². The molecular weight excluding hydrogens is 200 g/mol. The molecular formula is C13H13N2O. The third-order valence-corrected chi connectivity index (χ3v) is 2.65. The van der Waals surface area contributed by atoms with E-state index in [1.54, 1.807) is 36.3 Å². The minimum Gasteiger partial charge on any atom is -0.319 e. The number of aryl methyl sites for hydroxylation is 1. The maximum Gasteiger partial charge on any atom is 0.250 e. The largest absolute Gasteiger partial charge is 0.319 e. The van der Waals surface area contributed by atoms with Crippen LogP contribution in [0.4, 0.5) is 0 Å². The first-order valence-electron chi connectivity index (χ1n) is 5.09. The molecule has 2 aromatic rings. The molecule has 0 N–H and O–H groups in total. The van der Waals surface area contributed by atoms with Crippen LogP contribution in [0.2, 0.25) is 0 Å². The van der Waals surface area contributed by atoms with Gasteiger partial charge in [0.15, 0.2) is 0 Å². The van der Waals surface area contributed by atoms with Gasteiger partial charge in [-0.05, 0) is 29.3 Å². The van der Waals surface area contributed by atoms with E-state index < -0.39 is 0 Å². The summed E-state index contributed by atoms with van der Waals surface area (Å²) in [5.41, 5.74) is 2.04. The molecule has 0 saturated carbocycles. The lowest BCUT2D eigenvalue weighted by molar-refractivity contribution is 0.854. The first kappa shape index (κ1) is 10.6. The topological polar surface area (TPSA) is 34.9 Å². The number of pyridine rings is 2. The van der Waals surface area contributed by atoms with E-state index in [2.05, 4.69) is 4.98 Å². The van der Waals surface area contributed by atoms with E-state index in [1.165, 1.54) is 0 Å². The van der Waals surface area contributed by atoms with Crippen LogP contribution in [0.3, 0.4) is 0 Å². The Hall–Kier alpha value is -1.90. The average Bonchev–Trinajstić information content (AvgIpc) is 2.33. The van der Waals surface area contributed by atoms with Gasteiger partial charge in [0.25, 0.3) is 5.56 Å². The second-order valence-electron chi connectivity index (χ2n) is 3.73. The molecule has 3 nitrogen and oxygen atoms in total. The van der Waals surface area contributed by atoms with Crippen molar-refractivity contribution in [3.8, 4) is 0 Å². The van der Waals surface area contributed by atoms with Crippen molar-refractivity contribution < 1.29 is 0 Å². The second-order valence-corrected chi connectivity index (χ2v) is 3.73. The van der Waals surface area contributed by atoms with Crippen molar-refractivity contribution in [1.29, 1.82) is 0 Å². The van der Waals surface area contributed by atoms with Crippen molar-refractivity contribution in [2.45, 2.75) is 6.92 Å². The fourth-order valence-electron chi connectivity index (χ4n) is 1.55. The summed E-state index contributed by atoms with van der Waals surface area (Å²) in [6.07, 6.45) is 5.28. The lowest BCUT2D eigenvalue weighted by Crippen LogP contribution is -2.16. The first-order valence-corrected chi connectivity index (χ1v) is 5.09. The normalized spacial score (nSPS) is 10.7. The molecule has 0 aromatic carbocycles. The van der Waals surface area contributed by atoms with Crippen LogP contribution >= 0.6 is 0 Å². The number of rotatable bonds is 2. The van der Waals surface area contributed by atoms with E-state index >= 15 is 0 Å². The minimum atomic E-state index is 0.00547. The van der Waals surface area contributed by atoms with Gasteiger partial charge in [-0.15, -0.1) is 0 Å². The van der Waals surface area contributed by atoms with Crippen LogP contribution in [0, 0.1) is 5.92 Å². The molecule has 0 bridgehead atoms. The zero-order valence-electron chi connectivity index (χ0n) is 9.34. The van der Waals surface area contributed by atoms with Gasteiger partial charge < -0.3 is 4.57 Å². The van der Waals surface area contributed by atoms with Crippen molar-refractivity contribution in [2.24, 2.45) is 7.05 Å². The van der Waals surface area contributed by atoms with Gasteiger partial charge in [-0.1, -0.05) is 6.92 Å². The predicted octanol–water partition coefficient (Wildman–Crippen LogP) is 1.77. The Labute approximate surface area is 94.4 Å². The molecule has 0 spiro atoms. The Morgan fingerprint density at radius 2 is 1.88 bits per heavy atom. The van der Waals surface area contributed by atoms with Gasteiger partial charge in [0.2, 0.25) is 0 Å². The number of hydrogen-bond donors (Lipinski definition) is 0. The van der Waals surface area contributed by atoms with E-state index in [0.29, 0.717) is 0 Å². The molecule has 2 rings (SSSR count). The van der Waals surface area contributed by atoms with Crippen molar-refractivity contribution in [3.05, 3.63) is 70.3 Å². The molecule has 0 aliphatic carbocycles. The highest BCUT2D eigenvalue weighted by Crippen LogP contribution is 2.20. The summed E-state index contributed by atoms with van der Waals surface area (Å²) in [4.78, 5) is 15.5. The Kier molecular flexibility index (Phi) is 2.86. The van der Waals surface area contributed by atoms with Crippen molar-refractivity contribution >= 4 is 0 Å². The van der Waals surface area contributed by atoms with Crippen LogP contribution in [-0.4, -0.2) is 9.55 Å². The predicted molar refractivity (Wildman–Crippen MR) is 63.0 cm³/mol. The van der Waals surface area contributed by atoms with Crippen LogP contribution in [0.15, 0.2) is 47.7 Å². The number of aromatic nitrogens is 2. The maximum atomic E-state index is 11.5. The van der Waals surface area contributed by atoms with Crippen molar-refractivity contribution in [1.82, 2.24) is 9.55 Å². The van der Waals surface area contributed by atoms with Crippen molar-refractivity contribution in [3.63, 3.8) is 0 Å². The monoisotopic (exact) mass is 213 g/mol. The number of nitrogens with zero attached hydrogens (tertiary/aromatic N) is 2. The summed E-state index contributed by atoms with van der Waals surface area (Å²) in [7, 11) is 1.74. The Morgan fingerprint density at radius 1 is 1.19 bits per heavy atom. The van der Waals surface area contributed by atoms with Crippen LogP contribution in [-0.2, 0) is 7.05 Å². The minimum absolute atomic E-state index is 0.00547. The Bertz CT molecular complexity index is 531. The average molecular weight is 213 g/mol. The van der Waals surface area contributed by atoms with E-state index in [1.807, 2.05) is 25.1 Å². The highest BCUT2D eigenvalue weighted by molar-refractivity contribution is 5.42. The number of hydrogen-bond acceptors (Lipinski definition) is 2. The quantitative estimate of drug-likeness (QED) is 0.762. The second kappa shape index (κ2) is 4.31. The molecule has 1 radical (unpaired) electrons. The molecule has 2 heterocycles. The van der Waals surface area contributed by atoms with Crippen LogP contribution in [0.1, 0.15) is 18.1 Å². The molecule has 0 aliphatic rings. The van der Waals surface area contributed by atoms with Crippen molar-refractivity contribution in [2.75, 3.05) is 0 Å². The van der Waals surface area contributed by atoms with Crippen LogP contribution in [0.25, 0.3) is 0 Å². The zero-order valence-corrected chi connectivity index (χ0v) is 9.34. The van der Waals surface area contributed by atoms with E-state index in [9.17, 15) is 4.79 Å². The van der Waals surface area contributed by atoms with Gasteiger partial charge in [0, 0.05) is 37.6 Å². The standard InChI is InChI=1S/C13H13N2O/c1-10(11-3-6-14-7-4-11)12-5-8-15(2)13(16)9-12/h3-9H,1-2H3. The summed E-state index contributed by atoms with van der Waals surface area (Å²) in [6, 6.07) is 7.46. The van der Waals surface area contributed by atoms with Gasteiger partial charge >= 0.3 is 0 Å².